The molecule has 0 aromatic carbocycles. The van der Waals surface area contributed by atoms with Crippen molar-refractivity contribution in [2.75, 3.05) is 18.0 Å². The van der Waals surface area contributed by atoms with Gasteiger partial charge in [-0.3, -0.25) is 4.98 Å². The maximum absolute atomic E-state index is 5.68. The Morgan fingerprint density at radius 1 is 1.50 bits per heavy atom. The van der Waals surface area contributed by atoms with Crippen LogP contribution in [0.4, 0.5) is 5.69 Å². The highest BCUT2D eigenvalue weighted by Gasteiger charge is 2.22. The molecular formula is C9H13N3. The van der Waals surface area contributed by atoms with Gasteiger partial charge in [0.1, 0.15) is 0 Å². The molecule has 0 aliphatic carbocycles. The van der Waals surface area contributed by atoms with Crippen molar-refractivity contribution in [1.29, 1.82) is 0 Å². The van der Waals surface area contributed by atoms with Crippen LogP contribution in [0.15, 0.2) is 18.5 Å². The Balaban J connectivity index is 2.13. The van der Waals surface area contributed by atoms with E-state index in [9.17, 15) is 0 Å². The van der Waals surface area contributed by atoms with Crippen LogP contribution in [0.5, 0.6) is 0 Å². The lowest BCUT2D eigenvalue weighted by molar-refractivity contribution is 0.519. The van der Waals surface area contributed by atoms with E-state index in [2.05, 4.69) is 22.9 Å². The number of nitrogens with zero attached hydrogens (tertiary/aromatic N) is 2. The van der Waals surface area contributed by atoms with Gasteiger partial charge in [0.15, 0.2) is 0 Å². The summed E-state index contributed by atoms with van der Waals surface area (Å²) in [7, 11) is 0. The summed E-state index contributed by atoms with van der Waals surface area (Å²) >= 11 is 0. The average molecular weight is 163 g/mol. The van der Waals surface area contributed by atoms with E-state index in [1.54, 1.807) is 0 Å². The van der Waals surface area contributed by atoms with Gasteiger partial charge in [0.05, 0.1) is 11.9 Å². The topological polar surface area (TPSA) is 42.2 Å². The Morgan fingerprint density at radius 2 is 2.25 bits per heavy atom. The molecule has 0 bridgehead atoms. The third kappa shape index (κ3) is 1.28. The molecule has 0 spiro atoms. The first-order valence-electron chi connectivity index (χ1n) is 4.18. The molecule has 3 nitrogen and oxygen atoms in total. The van der Waals surface area contributed by atoms with E-state index in [4.69, 9.17) is 5.73 Å². The summed E-state index contributed by atoms with van der Waals surface area (Å²) < 4.78 is 0. The highest BCUT2D eigenvalue weighted by Crippen LogP contribution is 2.19. The summed E-state index contributed by atoms with van der Waals surface area (Å²) in [5.74, 6) is 0. The predicted octanol–water partition coefficient (Wildman–Crippen LogP) is 0.537. The predicted molar refractivity (Wildman–Crippen MR) is 49.2 cm³/mol. The second-order valence-electron chi connectivity index (χ2n) is 3.39. The zero-order chi connectivity index (χ0) is 8.55. The van der Waals surface area contributed by atoms with Gasteiger partial charge in [-0.25, -0.2) is 0 Å². The molecule has 2 rings (SSSR count). The van der Waals surface area contributed by atoms with Gasteiger partial charge in [-0.05, 0) is 18.6 Å². The number of pyridine rings is 1. The van der Waals surface area contributed by atoms with E-state index in [0.29, 0.717) is 6.04 Å². The van der Waals surface area contributed by atoms with Crippen molar-refractivity contribution in [2.45, 2.75) is 13.0 Å². The minimum atomic E-state index is 0.352. The summed E-state index contributed by atoms with van der Waals surface area (Å²) in [5.41, 5.74) is 8.08. The first kappa shape index (κ1) is 7.55. The lowest BCUT2D eigenvalue weighted by atomic mass is 10.1. The average Bonchev–Trinajstić information content (AvgIpc) is 1.99. The second-order valence-corrected chi connectivity index (χ2v) is 3.39. The molecule has 3 heteroatoms. The van der Waals surface area contributed by atoms with Gasteiger partial charge in [0, 0.05) is 25.3 Å². The van der Waals surface area contributed by atoms with Crippen LogP contribution in [0.1, 0.15) is 5.56 Å². The van der Waals surface area contributed by atoms with Gasteiger partial charge in [0.2, 0.25) is 0 Å². The third-order valence-corrected chi connectivity index (χ3v) is 2.14. The lowest BCUT2D eigenvalue weighted by Crippen LogP contribution is -2.55. The van der Waals surface area contributed by atoms with Gasteiger partial charge in [0.25, 0.3) is 0 Å². The first-order chi connectivity index (χ1) is 5.75. The minimum Gasteiger partial charge on any atom is -0.367 e. The van der Waals surface area contributed by atoms with Crippen molar-refractivity contribution in [3.05, 3.63) is 24.0 Å². The molecule has 2 heterocycles. The zero-order valence-corrected chi connectivity index (χ0v) is 7.20. The fourth-order valence-corrected chi connectivity index (χ4v) is 1.44. The van der Waals surface area contributed by atoms with Crippen LogP contribution >= 0.6 is 0 Å². The maximum Gasteiger partial charge on any atom is 0.0556 e. The summed E-state index contributed by atoms with van der Waals surface area (Å²) in [6.45, 7) is 3.98. The quantitative estimate of drug-likeness (QED) is 0.657. The van der Waals surface area contributed by atoms with Crippen LogP contribution in [-0.2, 0) is 0 Å². The summed E-state index contributed by atoms with van der Waals surface area (Å²) in [5, 5.41) is 0. The molecule has 0 saturated carbocycles. The normalized spacial score (nSPS) is 17.7. The van der Waals surface area contributed by atoms with E-state index in [-0.39, 0.29) is 0 Å². The lowest BCUT2D eigenvalue weighted by Gasteiger charge is -2.38. The van der Waals surface area contributed by atoms with Crippen molar-refractivity contribution in [3.63, 3.8) is 0 Å². The Bertz CT molecular complexity index is 279. The number of hydrogen-bond donors (Lipinski definition) is 1. The summed E-state index contributed by atoms with van der Waals surface area (Å²) in [6.07, 6.45) is 3.75. The number of aromatic nitrogens is 1. The van der Waals surface area contributed by atoms with Crippen LogP contribution in [0, 0.1) is 6.92 Å². The van der Waals surface area contributed by atoms with E-state index in [1.807, 2.05) is 12.4 Å². The van der Waals surface area contributed by atoms with Crippen molar-refractivity contribution < 1.29 is 0 Å². The zero-order valence-electron chi connectivity index (χ0n) is 7.20. The molecule has 1 fully saturated rings. The fraction of sp³-hybridized carbons (Fsp3) is 0.444. The van der Waals surface area contributed by atoms with Crippen molar-refractivity contribution in [1.82, 2.24) is 4.98 Å². The molecule has 12 heavy (non-hydrogen) atoms. The van der Waals surface area contributed by atoms with Gasteiger partial charge >= 0.3 is 0 Å². The maximum atomic E-state index is 5.68. The standard InChI is InChI=1S/C9H13N3/c1-7-2-9(4-11-3-7)12-5-8(10)6-12/h2-4,8H,5-6,10H2,1H3. The number of aryl methyl sites for hydroxylation is 1. The van der Waals surface area contributed by atoms with Crippen molar-refractivity contribution in [3.8, 4) is 0 Å². The van der Waals surface area contributed by atoms with E-state index >= 15 is 0 Å². The SMILES string of the molecule is Cc1cncc(N2CC(N)C2)c1. The number of nitrogens with two attached hydrogens (primary N) is 1. The van der Waals surface area contributed by atoms with Crippen LogP contribution < -0.4 is 10.6 Å². The monoisotopic (exact) mass is 163 g/mol. The molecule has 0 radical (unpaired) electrons. The molecular weight excluding hydrogens is 150 g/mol. The molecule has 2 N–H and O–H groups in total. The van der Waals surface area contributed by atoms with Gasteiger partial charge < -0.3 is 10.6 Å². The third-order valence-electron chi connectivity index (χ3n) is 2.14. The van der Waals surface area contributed by atoms with E-state index in [0.717, 1.165) is 13.1 Å². The van der Waals surface area contributed by atoms with Gasteiger partial charge in [-0.2, -0.15) is 0 Å². The minimum absolute atomic E-state index is 0.352. The van der Waals surface area contributed by atoms with Gasteiger partial charge in [-0.1, -0.05) is 0 Å². The molecule has 1 aliphatic heterocycles. The first-order valence-corrected chi connectivity index (χ1v) is 4.18. The van der Waals surface area contributed by atoms with Gasteiger partial charge in [-0.15, -0.1) is 0 Å². The Hall–Kier alpha value is -1.09. The van der Waals surface area contributed by atoms with Crippen LogP contribution in [-0.4, -0.2) is 24.1 Å². The van der Waals surface area contributed by atoms with Crippen molar-refractivity contribution >= 4 is 5.69 Å². The molecule has 0 amide bonds. The van der Waals surface area contributed by atoms with Crippen LogP contribution in [0.3, 0.4) is 0 Å². The second kappa shape index (κ2) is 2.75. The Labute approximate surface area is 72.2 Å². The molecule has 1 saturated heterocycles. The number of rotatable bonds is 1. The van der Waals surface area contributed by atoms with E-state index in [1.165, 1.54) is 11.3 Å². The number of hydrogen-bond acceptors (Lipinski definition) is 3. The molecule has 1 aromatic rings. The molecule has 1 aliphatic rings. The number of anilines is 1. The van der Waals surface area contributed by atoms with Crippen molar-refractivity contribution in [2.24, 2.45) is 5.73 Å². The highest BCUT2D eigenvalue weighted by atomic mass is 15.2. The largest absolute Gasteiger partial charge is 0.367 e. The smallest absolute Gasteiger partial charge is 0.0556 e. The van der Waals surface area contributed by atoms with E-state index < -0.39 is 0 Å². The Kier molecular flexibility index (Phi) is 1.73. The fourth-order valence-electron chi connectivity index (χ4n) is 1.44. The van der Waals surface area contributed by atoms with Crippen LogP contribution in [0.2, 0.25) is 0 Å². The molecule has 64 valence electrons. The summed E-state index contributed by atoms with van der Waals surface area (Å²) in [6, 6.07) is 2.49. The molecule has 0 atom stereocenters. The highest BCUT2D eigenvalue weighted by molar-refractivity contribution is 5.48. The Morgan fingerprint density at radius 3 is 2.83 bits per heavy atom. The molecule has 1 aromatic heterocycles. The van der Waals surface area contributed by atoms with Crippen LogP contribution in [0.25, 0.3) is 0 Å². The molecule has 0 unspecified atom stereocenters. The summed E-state index contributed by atoms with van der Waals surface area (Å²) in [4.78, 5) is 6.37.